The first-order valence-corrected chi connectivity index (χ1v) is 12.4. The summed E-state index contributed by atoms with van der Waals surface area (Å²) < 4.78 is 1.50. The van der Waals surface area contributed by atoms with Gasteiger partial charge in [0.05, 0.1) is 11.9 Å². The Hall–Kier alpha value is -3.82. The van der Waals surface area contributed by atoms with Crippen LogP contribution in [0.3, 0.4) is 0 Å². The first kappa shape index (κ1) is 23.9. The van der Waals surface area contributed by atoms with Crippen LogP contribution >= 0.6 is 0 Å². The zero-order chi connectivity index (χ0) is 25.4. The van der Waals surface area contributed by atoms with Gasteiger partial charge in [-0.3, -0.25) is 24.5 Å². The molecule has 2 unspecified atom stereocenters. The first-order chi connectivity index (χ1) is 17.3. The standard InChI is InChI=1S/C26H30N6O4/c1-16(2)5-6-17-4-3-11-30(13-17)26(36)21-15-32(29-28-21)19-8-7-18-14-31(25(35)20(18)12-19)22-9-10-23(33)27-24(22)34/h5,7-8,12,15,17,22H,3-4,6,9-11,13-14H2,1-2H3,(H,27,33,34). The zero-order valence-corrected chi connectivity index (χ0v) is 20.6. The molecule has 10 nitrogen and oxygen atoms in total. The van der Waals surface area contributed by atoms with E-state index < -0.39 is 11.9 Å². The minimum absolute atomic E-state index is 0.135. The minimum Gasteiger partial charge on any atom is -0.337 e. The Morgan fingerprint density at radius 3 is 2.81 bits per heavy atom. The lowest BCUT2D eigenvalue weighted by atomic mass is 9.94. The number of fused-ring (bicyclic) bond motifs is 1. The van der Waals surface area contributed by atoms with Gasteiger partial charge >= 0.3 is 0 Å². The molecule has 2 atom stereocenters. The highest BCUT2D eigenvalue weighted by atomic mass is 16.2. The Morgan fingerprint density at radius 2 is 2.03 bits per heavy atom. The van der Waals surface area contributed by atoms with E-state index in [9.17, 15) is 19.2 Å². The van der Waals surface area contributed by atoms with Crippen LogP contribution in [0.4, 0.5) is 0 Å². The number of rotatable bonds is 5. The second-order valence-corrected chi connectivity index (χ2v) is 10.1. The predicted octanol–water partition coefficient (Wildman–Crippen LogP) is 2.24. The molecule has 2 aromatic rings. The van der Waals surface area contributed by atoms with Crippen LogP contribution < -0.4 is 5.32 Å². The molecule has 1 aromatic heterocycles. The number of nitrogens with zero attached hydrogens (tertiary/aromatic N) is 5. The number of nitrogens with one attached hydrogen (secondary N) is 1. The summed E-state index contributed by atoms with van der Waals surface area (Å²) in [5.41, 5.74) is 3.46. The molecule has 0 bridgehead atoms. The van der Waals surface area contributed by atoms with Crippen molar-refractivity contribution in [2.75, 3.05) is 13.1 Å². The molecule has 0 spiro atoms. The van der Waals surface area contributed by atoms with Crippen molar-refractivity contribution in [2.24, 2.45) is 5.92 Å². The van der Waals surface area contributed by atoms with Crippen molar-refractivity contribution < 1.29 is 19.2 Å². The van der Waals surface area contributed by atoms with Gasteiger partial charge in [-0.05, 0) is 63.1 Å². The van der Waals surface area contributed by atoms with E-state index in [1.165, 1.54) is 15.2 Å². The van der Waals surface area contributed by atoms with Crippen LogP contribution in [-0.4, -0.2) is 67.6 Å². The summed E-state index contributed by atoms with van der Waals surface area (Å²) in [7, 11) is 0. The number of imide groups is 1. The number of allylic oxidation sites excluding steroid dienone is 2. The molecule has 3 aliphatic rings. The average molecular weight is 491 g/mol. The number of hydrogen-bond acceptors (Lipinski definition) is 6. The molecule has 10 heteroatoms. The molecule has 1 N–H and O–H groups in total. The summed E-state index contributed by atoms with van der Waals surface area (Å²) in [5, 5.41) is 10.6. The van der Waals surface area contributed by atoms with Crippen LogP contribution in [0.25, 0.3) is 5.69 Å². The predicted molar refractivity (Wildman–Crippen MR) is 130 cm³/mol. The third-order valence-electron chi connectivity index (χ3n) is 7.15. The van der Waals surface area contributed by atoms with Gasteiger partial charge in [-0.1, -0.05) is 22.9 Å². The van der Waals surface area contributed by atoms with Gasteiger partial charge in [0.2, 0.25) is 11.8 Å². The number of carbonyl (C=O) groups excluding carboxylic acids is 4. The molecule has 3 aliphatic heterocycles. The zero-order valence-electron chi connectivity index (χ0n) is 20.6. The maximum Gasteiger partial charge on any atom is 0.276 e. The van der Waals surface area contributed by atoms with Crippen molar-refractivity contribution in [3.05, 3.63) is 52.9 Å². The Labute approximate surface area is 209 Å². The third-order valence-corrected chi connectivity index (χ3v) is 7.15. The van der Waals surface area contributed by atoms with E-state index in [0.29, 0.717) is 43.2 Å². The summed E-state index contributed by atoms with van der Waals surface area (Å²) in [6.07, 6.45) is 7.41. The van der Waals surface area contributed by atoms with Gasteiger partial charge in [-0.15, -0.1) is 5.10 Å². The van der Waals surface area contributed by atoms with Crippen LogP contribution in [0.5, 0.6) is 0 Å². The number of likely N-dealkylation sites (tertiary alicyclic amines) is 1. The number of hydrogen-bond donors (Lipinski definition) is 1. The van der Waals surface area contributed by atoms with Crippen molar-refractivity contribution >= 4 is 23.6 Å². The molecule has 0 aliphatic carbocycles. The van der Waals surface area contributed by atoms with Crippen LogP contribution in [-0.2, 0) is 16.1 Å². The summed E-state index contributed by atoms with van der Waals surface area (Å²) in [6.45, 7) is 5.90. The lowest BCUT2D eigenvalue weighted by Gasteiger charge is -2.31. The van der Waals surface area contributed by atoms with E-state index in [4.69, 9.17) is 0 Å². The molecule has 0 radical (unpaired) electrons. The first-order valence-electron chi connectivity index (χ1n) is 12.4. The van der Waals surface area contributed by atoms with Crippen molar-refractivity contribution in [3.63, 3.8) is 0 Å². The summed E-state index contributed by atoms with van der Waals surface area (Å²) in [6, 6.07) is 4.70. The second kappa shape index (κ2) is 9.67. The van der Waals surface area contributed by atoms with Gasteiger partial charge in [0.15, 0.2) is 5.69 Å². The highest BCUT2D eigenvalue weighted by molar-refractivity contribution is 6.05. The molecule has 188 valence electrons. The van der Waals surface area contributed by atoms with E-state index in [0.717, 1.165) is 24.8 Å². The van der Waals surface area contributed by atoms with E-state index in [1.54, 1.807) is 12.3 Å². The molecule has 2 saturated heterocycles. The monoisotopic (exact) mass is 490 g/mol. The van der Waals surface area contributed by atoms with Gasteiger partial charge in [-0.2, -0.15) is 0 Å². The minimum atomic E-state index is -0.660. The topological polar surface area (TPSA) is 118 Å². The van der Waals surface area contributed by atoms with Gasteiger partial charge in [0.25, 0.3) is 11.8 Å². The van der Waals surface area contributed by atoms with Gasteiger partial charge < -0.3 is 9.80 Å². The Balaban J connectivity index is 1.29. The molecule has 2 fully saturated rings. The maximum absolute atomic E-state index is 13.1. The van der Waals surface area contributed by atoms with Crippen LogP contribution in [0.1, 0.15) is 72.4 Å². The quantitative estimate of drug-likeness (QED) is 0.507. The molecule has 5 rings (SSSR count). The van der Waals surface area contributed by atoms with Crippen molar-refractivity contribution in [3.8, 4) is 5.69 Å². The maximum atomic E-state index is 13.1. The SMILES string of the molecule is CC(C)=CCC1CCCN(C(=O)c2cn(-c3ccc4c(c3)C(=O)N(C3CCC(=O)NC3=O)C4)nn2)C1. The van der Waals surface area contributed by atoms with E-state index in [-0.39, 0.29) is 29.8 Å². The van der Waals surface area contributed by atoms with E-state index in [1.807, 2.05) is 17.0 Å². The molecule has 1 aromatic carbocycles. The van der Waals surface area contributed by atoms with Gasteiger partial charge in [0.1, 0.15) is 6.04 Å². The number of carbonyl (C=O) groups is 4. The molecule has 0 saturated carbocycles. The smallest absolute Gasteiger partial charge is 0.276 e. The number of piperidine rings is 2. The number of aromatic nitrogens is 3. The second-order valence-electron chi connectivity index (χ2n) is 10.1. The summed E-state index contributed by atoms with van der Waals surface area (Å²) >= 11 is 0. The van der Waals surface area contributed by atoms with Crippen LogP contribution in [0.2, 0.25) is 0 Å². The summed E-state index contributed by atoms with van der Waals surface area (Å²) in [5.74, 6) is -0.694. The van der Waals surface area contributed by atoms with Crippen molar-refractivity contribution in [2.45, 2.75) is 58.5 Å². The fraction of sp³-hybridized carbons (Fsp3) is 0.462. The Kier molecular flexibility index (Phi) is 6.42. The molecular weight excluding hydrogens is 460 g/mol. The van der Waals surface area contributed by atoms with Crippen LogP contribution in [0.15, 0.2) is 36.0 Å². The molecular formula is C26H30N6O4. The Morgan fingerprint density at radius 1 is 1.19 bits per heavy atom. The van der Waals surface area contributed by atoms with Gasteiger partial charge in [-0.25, -0.2) is 4.68 Å². The van der Waals surface area contributed by atoms with Crippen molar-refractivity contribution in [1.29, 1.82) is 0 Å². The average Bonchev–Trinajstić information content (AvgIpc) is 3.48. The van der Waals surface area contributed by atoms with E-state index in [2.05, 4.69) is 35.6 Å². The number of benzene rings is 1. The lowest BCUT2D eigenvalue weighted by Crippen LogP contribution is -2.52. The number of amides is 4. The fourth-order valence-corrected chi connectivity index (χ4v) is 5.18. The highest BCUT2D eigenvalue weighted by Crippen LogP contribution is 2.29. The molecule has 36 heavy (non-hydrogen) atoms. The lowest BCUT2D eigenvalue weighted by molar-refractivity contribution is -0.136. The molecule has 4 amide bonds. The third kappa shape index (κ3) is 4.67. The van der Waals surface area contributed by atoms with Gasteiger partial charge in [0, 0.05) is 31.6 Å². The Bertz CT molecular complexity index is 1260. The fourth-order valence-electron chi connectivity index (χ4n) is 5.18. The highest BCUT2D eigenvalue weighted by Gasteiger charge is 2.39. The van der Waals surface area contributed by atoms with Crippen molar-refractivity contribution in [1.82, 2.24) is 30.1 Å². The summed E-state index contributed by atoms with van der Waals surface area (Å²) in [4.78, 5) is 53.3. The molecule has 4 heterocycles. The largest absolute Gasteiger partial charge is 0.337 e. The normalized spacial score (nSPS) is 21.9. The van der Waals surface area contributed by atoms with E-state index >= 15 is 0 Å². The van der Waals surface area contributed by atoms with Crippen LogP contribution in [0, 0.1) is 5.92 Å².